The van der Waals surface area contributed by atoms with Crippen molar-refractivity contribution in [2.75, 3.05) is 12.1 Å². The summed E-state index contributed by atoms with van der Waals surface area (Å²) < 4.78 is 10.5. The van der Waals surface area contributed by atoms with Crippen LogP contribution in [-0.2, 0) is 9.59 Å². The Hall–Kier alpha value is -3.35. The average molecular weight is 367 g/mol. The number of rotatable bonds is 6. The first kappa shape index (κ1) is 18.4. The molecule has 0 unspecified atom stereocenters. The Balaban J connectivity index is 1.43. The zero-order valence-electron chi connectivity index (χ0n) is 15.2. The van der Waals surface area contributed by atoms with Gasteiger partial charge in [-0.15, -0.1) is 0 Å². The van der Waals surface area contributed by atoms with Crippen LogP contribution in [0.1, 0.15) is 29.5 Å². The number of aryl methyl sites for hydroxylation is 2. The smallest absolute Gasteiger partial charge is 0.240 e. The van der Waals surface area contributed by atoms with Crippen molar-refractivity contribution in [3.8, 4) is 11.5 Å². The molecular formula is C20H21N3O4. The monoisotopic (exact) mass is 367 g/mol. The quantitative estimate of drug-likeness (QED) is 0.607. The highest BCUT2D eigenvalue weighted by atomic mass is 16.7. The molecule has 1 aliphatic rings. The summed E-state index contributed by atoms with van der Waals surface area (Å²) in [6.45, 7) is 4.13. The van der Waals surface area contributed by atoms with Crippen LogP contribution in [0.25, 0.3) is 0 Å². The third kappa shape index (κ3) is 5.07. The Morgan fingerprint density at radius 3 is 2.63 bits per heavy atom. The Bertz CT molecular complexity index is 893. The first-order valence-electron chi connectivity index (χ1n) is 8.60. The second kappa shape index (κ2) is 8.35. The minimum Gasteiger partial charge on any atom is -0.454 e. The van der Waals surface area contributed by atoms with Crippen molar-refractivity contribution in [2.45, 2.75) is 26.7 Å². The number of fused-ring (bicyclic) bond motifs is 1. The standard InChI is InChI=1S/C20H21N3O4/c1-13-3-5-16(14(2)9-13)22-19(24)7-8-20(25)23-21-11-15-4-6-17-18(10-15)27-12-26-17/h3-6,9-11H,7-8,12H2,1-2H3,(H,22,24)(H,23,25). The molecule has 2 N–H and O–H groups in total. The third-order valence-corrected chi connectivity index (χ3v) is 4.03. The molecule has 0 saturated carbocycles. The Morgan fingerprint density at radius 1 is 1.04 bits per heavy atom. The van der Waals surface area contributed by atoms with Crippen molar-refractivity contribution in [1.29, 1.82) is 0 Å². The maximum Gasteiger partial charge on any atom is 0.240 e. The zero-order chi connectivity index (χ0) is 19.2. The van der Waals surface area contributed by atoms with Gasteiger partial charge in [-0.3, -0.25) is 9.59 Å². The Morgan fingerprint density at radius 2 is 1.81 bits per heavy atom. The molecule has 2 aromatic rings. The number of hydrogen-bond acceptors (Lipinski definition) is 5. The summed E-state index contributed by atoms with van der Waals surface area (Å²) in [4.78, 5) is 23.8. The van der Waals surface area contributed by atoms with Crippen LogP contribution in [0.2, 0.25) is 0 Å². The summed E-state index contributed by atoms with van der Waals surface area (Å²) >= 11 is 0. The molecule has 27 heavy (non-hydrogen) atoms. The van der Waals surface area contributed by atoms with Gasteiger partial charge in [0.25, 0.3) is 0 Å². The van der Waals surface area contributed by atoms with Gasteiger partial charge >= 0.3 is 0 Å². The highest BCUT2D eigenvalue weighted by Gasteiger charge is 2.12. The van der Waals surface area contributed by atoms with Crippen molar-refractivity contribution >= 4 is 23.7 Å². The molecule has 0 atom stereocenters. The van der Waals surface area contributed by atoms with E-state index in [4.69, 9.17) is 9.47 Å². The van der Waals surface area contributed by atoms with Crippen LogP contribution < -0.4 is 20.2 Å². The van der Waals surface area contributed by atoms with Gasteiger partial charge in [0.05, 0.1) is 6.21 Å². The largest absolute Gasteiger partial charge is 0.454 e. The first-order valence-corrected chi connectivity index (χ1v) is 8.60. The molecule has 140 valence electrons. The molecule has 0 saturated heterocycles. The molecule has 2 amide bonds. The predicted molar refractivity (Wildman–Crippen MR) is 102 cm³/mol. The second-order valence-corrected chi connectivity index (χ2v) is 6.27. The lowest BCUT2D eigenvalue weighted by molar-refractivity contribution is -0.124. The van der Waals surface area contributed by atoms with E-state index >= 15 is 0 Å². The molecule has 3 rings (SSSR count). The number of anilines is 1. The summed E-state index contributed by atoms with van der Waals surface area (Å²) in [6, 6.07) is 11.1. The lowest BCUT2D eigenvalue weighted by Gasteiger charge is -2.08. The number of hydrogen-bond donors (Lipinski definition) is 2. The van der Waals surface area contributed by atoms with E-state index in [-0.39, 0.29) is 31.4 Å². The summed E-state index contributed by atoms with van der Waals surface area (Å²) in [6.07, 6.45) is 1.64. The van der Waals surface area contributed by atoms with Crippen LogP contribution in [0, 0.1) is 13.8 Å². The number of benzene rings is 2. The number of ether oxygens (including phenoxy) is 2. The van der Waals surface area contributed by atoms with Crippen LogP contribution in [0.4, 0.5) is 5.69 Å². The van der Waals surface area contributed by atoms with E-state index in [2.05, 4.69) is 15.8 Å². The fourth-order valence-corrected chi connectivity index (χ4v) is 2.62. The van der Waals surface area contributed by atoms with Gasteiger partial charge in [-0.25, -0.2) is 5.43 Å². The molecule has 1 heterocycles. The second-order valence-electron chi connectivity index (χ2n) is 6.27. The van der Waals surface area contributed by atoms with Crippen molar-refractivity contribution in [3.05, 3.63) is 53.1 Å². The summed E-state index contributed by atoms with van der Waals surface area (Å²) in [5.74, 6) is 0.791. The molecule has 0 fully saturated rings. The van der Waals surface area contributed by atoms with E-state index in [0.29, 0.717) is 11.5 Å². The number of carbonyl (C=O) groups is 2. The van der Waals surface area contributed by atoms with Crippen molar-refractivity contribution in [3.63, 3.8) is 0 Å². The molecule has 0 radical (unpaired) electrons. The molecule has 0 spiro atoms. The summed E-state index contributed by atoms with van der Waals surface area (Å²) in [5, 5.41) is 6.72. The normalized spacial score (nSPS) is 12.2. The highest BCUT2D eigenvalue weighted by molar-refractivity contribution is 5.94. The van der Waals surface area contributed by atoms with Crippen LogP contribution in [0.5, 0.6) is 11.5 Å². The predicted octanol–water partition coefficient (Wildman–Crippen LogP) is 2.90. The topological polar surface area (TPSA) is 89.0 Å². The molecule has 2 aromatic carbocycles. The number of amides is 2. The zero-order valence-corrected chi connectivity index (χ0v) is 15.2. The fraction of sp³-hybridized carbons (Fsp3) is 0.250. The molecule has 0 aliphatic carbocycles. The fourth-order valence-electron chi connectivity index (χ4n) is 2.62. The van der Waals surface area contributed by atoms with E-state index in [1.165, 1.54) is 6.21 Å². The molecule has 0 aromatic heterocycles. The van der Waals surface area contributed by atoms with Gasteiger partial charge in [0.15, 0.2) is 11.5 Å². The molecule has 7 heteroatoms. The van der Waals surface area contributed by atoms with Gasteiger partial charge in [0.1, 0.15) is 0 Å². The van der Waals surface area contributed by atoms with Gasteiger partial charge in [0, 0.05) is 18.5 Å². The van der Waals surface area contributed by atoms with E-state index < -0.39 is 0 Å². The Kier molecular flexibility index (Phi) is 5.71. The number of hydrazone groups is 1. The maximum absolute atomic E-state index is 12.0. The maximum atomic E-state index is 12.0. The van der Waals surface area contributed by atoms with Crippen LogP contribution >= 0.6 is 0 Å². The molecular weight excluding hydrogens is 346 g/mol. The van der Waals surface area contributed by atoms with Crippen molar-refractivity contribution in [2.24, 2.45) is 5.10 Å². The third-order valence-electron chi connectivity index (χ3n) is 4.03. The van der Waals surface area contributed by atoms with Crippen molar-refractivity contribution < 1.29 is 19.1 Å². The van der Waals surface area contributed by atoms with E-state index in [1.54, 1.807) is 18.2 Å². The summed E-state index contributed by atoms with van der Waals surface area (Å²) in [5.41, 5.74) is 6.06. The van der Waals surface area contributed by atoms with Gasteiger partial charge < -0.3 is 14.8 Å². The van der Waals surface area contributed by atoms with Crippen LogP contribution in [0.15, 0.2) is 41.5 Å². The minimum absolute atomic E-state index is 0.0508. The number of nitrogens with one attached hydrogen (secondary N) is 2. The van der Waals surface area contributed by atoms with E-state index in [9.17, 15) is 9.59 Å². The van der Waals surface area contributed by atoms with Gasteiger partial charge in [-0.2, -0.15) is 5.10 Å². The molecule has 7 nitrogen and oxygen atoms in total. The lowest BCUT2D eigenvalue weighted by atomic mass is 10.1. The van der Waals surface area contributed by atoms with Crippen molar-refractivity contribution in [1.82, 2.24) is 5.43 Å². The average Bonchev–Trinajstić information content (AvgIpc) is 3.10. The number of nitrogens with zero attached hydrogens (tertiary/aromatic N) is 1. The lowest BCUT2D eigenvalue weighted by Crippen LogP contribution is -2.20. The SMILES string of the molecule is Cc1ccc(NC(=O)CCC(=O)NN=Cc2ccc3c(c2)OCO3)c(C)c1. The van der Waals surface area contributed by atoms with E-state index in [0.717, 1.165) is 22.4 Å². The van der Waals surface area contributed by atoms with Gasteiger partial charge in [0.2, 0.25) is 18.6 Å². The molecule has 0 bridgehead atoms. The van der Waals surface area contributed by atoms with Crippen LogP contribution in [0.3, 0.4) is 0 Å². The van der Waals surface area contributed by atoms with E-state index in [1.807, 2.05) is 32.0 Å². The van der Waals surface area contributed by atoms with Gasteiger partial charge in [-0.05, 0) is 49.2 Å². The molecule has 1 aliphatic heterocycles. The van der Waals surface area contributed by atoms with Crippen LogP contribution in [-0.4, -0.2) is 24.8 Å². The summed E-state index contributed by atoms with van der Waals surface area (Å²) in [7, 11) is 0. The highest BCUT2D eigenvalue weighted by Crippen LogP contribution is 2.31. The first-order chi connectivity index (χ1) is 13.0. The van der Waals surface area contributed by atoms with Gasteiger partial charge in [-0.1, -0.05) is 17.7 Å². The Labute approximate surface area is 157 Å². The minimum atomic E-state index is -0.331. The number of carbonyl (C=O) groups excluding carboxylic acids is 2.